The zero-order chi connectivity index (χ0) is 21.1. The summed E-state index contributed by atoms with van der Waals surface area (Å²) < 4.78 is 1.72. The Labute approximate surface area is 178 Å². The first kappa shape index (κ1) is 19.8. The van der Waals surface area contributed by atoms with Gasteiger partial charge in [0.05, 0.1) is 17.8 Å². The molecule has 0 radical (unpaired) electrons. The number of nitrogens with one attached hydrogen (secondary N) is 2. The van der Waals surface area contributed by atoms with Crippen LogP contribution in [0.1, 0.15) is 18.4 Å². The molecule has 3 amide bonds. The second-order valence-corrected chi connectivity index (χ2v) is 7.47. The molecule has 0 bridgehead atoms. The van der Waals surface area contributed by atoms with Crippen molar-refractivity contribution in [3.63, 3.8) is 0 Å². The van der Waals surface area contributed by atoms with E-state index >= 15 is 0 Å². The van der Waals surface area contributed by atoms with Gasteiger partial charge in [-0.05, 0) is 30.7 Å². The first-order valence-corrected chi connectivity index (χ1v) is 9.90. The molecule has 7 nitrogen and oxygen atoms in total. The summed E-state index contributed by atoms with van der Waals surface area (Å²) in [6.07, 6.45) is 2.36. The maximum Gasteiger partial charge on any atom is 0.249 e. The van der Waals surface area contributed by atoms with Crippen molar-refractivity contribution in [2.75, 3.05) is 0 Å². The standard InChI is InChI=1S/C22H19ClN4O3/c23-16-8-6-14(7-9-16)21-15(13-27(26-21)17-4-2-1-3-5-17)12-20(29)24-18-10-11-19(28)25-22(18)30/h1-9,13,18H,10-12H2,(H,24,29)(H,25,28,30). The lowest BCUT2D eigenvalue weighted by Crippen LogP contribution is -2.52. The van der Waals surface area contributed by atoms with Crippen LogP contribution in [0.5, 0.6) is 0 Å². The number of carbonyl (C=O) groups is 3. The molecule has 1 fully saturated rings. The Morgan fingerprint density at radius 2 is 1.87 bits per heavy atom. The van der Waals surface area contributed by atoms with Crippen LogP contribution in [-0.2, 0) is 20.8 Å². The zero-order valence-electron chi connectivity index (χ0n) is 16.0. The van der Waals surface area contributed by atoms with Gasteiger partial charge in [0.1, 0.15) is 6.04 Å². The van der Waals surface area contributed by atoms with E-state index in [1.807, 2.05) is 48.7 Å². The highest BCUT2D eigenvalue weighted by molar-refractivity contribution is 6.30. The molecular weight excluding hydrogens is 404 g/mol. The third kappa shape index (κ3) is 4.41. The Bertz CT molecular complexity index is 1090. The number of benzene rings is 2. The molecular formula is C22H19ClN4O3. The molecule has 1 aliphatic rings. The second kappa shape index (κ2) is 8.51. The first-order valence-electron chi connectivity index (χ1n) is 9.52. The smallest absolute Gasteiger partial charge is 0.249 e. The number of rotatable bonds is 5. The van der Waals surface area contributed by atoms with E-state index in [1.54, 1.807) is 16.8 Å². The molecule has 30 heavy (non-hydrogen) atoms. The Hall–Kier alpha value is -3.45. The number of imide groups is 1. The predicted molar refractivity (Wildman–Crippen MR) is 112 cm³/mol. The molecule has 2 heterocycles. The molecule has 4 rings (SSSR count). The van der Waals surface area contributed by atoms with E-state index in [2.05, 4.69) is 15.7 Å². The topological polar surface area (TPSA) is 93.1 Å². The summed E-state index contributed by atoms with van der Waals surface area (Å²) in [5, 5.41) is 10.2. The van der Waals surface area contributed by atoms with Crippen LogP contribution in [0.15, 0.2) is 60.8 Å². The van der Waals surface area contributed by atoms with Crippen LogP contribution in [0, 0.1) is 0 Å². The summed E-state index contributed by atoms with van der Waals surface area (Å²) in [5.74, 6) is -1.11. The van der Waals surface area contributed by atoms with E-state index in [0.29, 0.717) is 22.7 Å². The fourth-order valence-corrected chi connectivity index (χ4v) is 3.48. The largest absolute Gasteiger partial charge is 0.344 e. The summed E-state index contributed by atoms with van der Waals surface area (Å²) in [6, 6.07) is 16.1. The number of hydrogen-bond donors (Lipinski definition) is 2. The van der Waals surface area contributed by atoms with E-state index in [0.717, 1.165) is 11.3 Å². The molecule has 2 N–H and O–H groups in total. The Morgan fingerprint density at radius 1 is 1.13 bits per heavy atom. The first-order chi connectivity index (χ1) is 14.5. The lowest BCUT2D eigenvalue weighted by Gasteiger charge is -2.21. The van der Waals surface area contributed by atoms with Gasteiger partial charge in [0.25, 0.3) is 0 Å². The van der Waals surface area contributed by atoms with Crippen LogP contribution in [0.4, 0.5) is 0 Å². The normalized spacial score (nSPS) is 16.2. The van der Waals surface area contributed by atoms with Crippen molar-refractivity contribution in [1.82, 2.24) is 20.4 Å². The van der Waals surface area contributed by atoms with Gasteiger partial charge >= 0.3 is 0 Å². The quantitative estimate of drug-likeness (QED) is 0.618. The highest BCUT2D eigenvalue weighted by atomic mass is 35.5. The molecule has 0 aliphatic carbocycles. The minimum Gasteiger partial charge on any atom is -0.344 e. The van der Waals surface area contributed by atoms with E-state index in [4.69, 9.17) is 11.6 Å². The average Bonchev–Trinajstić information content (AvgIpc) is 3.15. The number of halogens is 1. The van der Waals surface area contributed by atoms with Gasteiger partial charge < -0.3 is 5.32 Å². The molecule has 1 unspecified atom stereocenters. The van der Waals surface area contributed by atoms with Crippen molar-refractivity contribution in [2.24, 2.45) is 0 Å². The lowest BCUT2D eigenvalue weighted by atomic mass is 10.0. The van der Waals surface area contributed by atoms with Crippen molar-refractivity contribution in [3.8, 4) is 16.9 Å². The Kier molecular flexibility index (Phi) is 5.63. The van der Waals surface area contributed by atoms with Gasteiger partial charge in [-0.25, -0.2) is 4.68 Å². The third-order valence-electron chi connectivity index (χ3n) is 4.85. The van der Waals surface area contributed by atoms with Gasteiger partial charge in [-0.2, -0.15) is 5.10 Å². The number of aromatic nitrogens is 2. The summed E-state index contributed by atoms with van der Waals surface area (Å²) in [7, 11) is 0. The molecule has 0 saturated carbocycles. The van der Waals surface area contributed by atoms with Gasteiger partial charge in [-0.1, -0.05) is 41.9 Å². The van der Waals surface area contributed by atoms with Gasteiger partial charge in [-0.15, -0.1) is 0 Å². The van der Waals surface area contributed by atoms with Crippen LogP contribution in [0.2, 0.25) is 5.02 Å². The fourth-order valence-electron chi connectivity index (χ4n) is 3.35. The SMILES string of the molecule is O=C1CCC(NC(=O)Cc2cn(-c3ccccc3)nc2-c2ccc(Cl)cc2)C(=O)N1. The zero-order valence-corrected chi connectivity index (χ0v) is 16.7. The average molecular weight is 423 g/mol. The van der Waals surface area contributed by atoms with Crippen molar-refractivity contribution in [1.29, 1.82) is 0 Å². The number of nitrogens with zero attached hydrogens (tertiary/aromatic N) is 2. The number of amides is 3. The molecule has 0 spiro atoms. The highest BCUT2D eigenvalue weighted by Gasteiger charge is 2.28. The summed E-state index contributed by atoms with van der Waals surface area (Å²) in [5.41, 5.74) is 3.07. The van der Waals surface area contributed by atoms with E-state index in [1.165, 1.54) is 0 Å². The molecule has 8 heteroatoms. The molecule has 1 saturated heterocycles. The molecule has 152 valence electrons. The van der Waals surface area contributed by atoms with E-state index in [9.17, 15) is 14.4 Å². The highest BCUT2D eigenvalue weighted by Crippen LogP contribution is 2.25. The predicted octanol–water partition coefficient (Wildman–Crippen LogP) is 2.66. The molecule has 1 aliphatic heterocycles. The van der Waals surface area contributed by atoms with E-state index < -0.39 is 11.9 Å². The Balaban J connectivity index is 1.60. The molecule has 3 aromatic rings. The number of piperidine rings is 1. The third-order valence-corrected chi connectivity index (χ3v) is 5.11. The van der Waals surface area contributed by atoms with Crippen molar-refractivity contribution in [3.05, 3.63) is 71.4 Å². The monoisotopic (exact) mass is 422 g/mol. The van der Waals surface area contributed by atoms with Gasteiger partial charge in [0.2, 0.25) is 17.7 Å². The number of hydrogen-bond acceptors (Lipinski definition) is 4. The summed E-state index contributed by atoms with van der Waals surface area (Å²) in [6.45, 7) is 0. The van der Waals surface area contributed by atoms with Crippen molar-refractivity contribution in [2.45, 2.75) is 25.3 Å². The lowest BCUT2D eigenvalue weighted by molar-refractivity contribution is -0.137. The van der Waals surface area contributed by atoms with Crippen LogP contribution in [0.3, 0.4) is 0 Å². The molecule has 2 aromatic carbocycles. The van der Waals surface area contributed by atoms with Crippen LogP contribution >= 0.6 is 11.6 Å². The summed E-state index contributed by atoms with van der Waals surface area (Å²) >= 11 is 6.01. The molecule has 1 aromatic heterocycles. The Morgan fingerprint density at radius 3 is 2.57 bits per heavy atom. The molecule has 1 atom stereocenters. The number of para-hydroxylation sites is 1. The van der Waals surface area contributed by atoms with E-state index in [-0.39, 0.29) is 24.7 Å². The van der Waals surface area contributed by atoms with Crippen molar-refractivity contribution < 1.29 is 14.4 Å². The maximum absolute atomic E-state index is 12.7. The van der Waals surface area contributed by atoms with Gasteiger partial charge in [0, 0.05) is 28.8 Å². The van der Waals surface area contributed by atoms with Gasteiger partial charge in [0.15, 0.2) is 0 Å². The number of carbonyl (C=O) groups excluding carboxylic acids is 3. The van der Waals surface area contributed by atoms with Crippen LogP contribution in [0.25, 0.3) is 16.9 Å². The van der Waals surface area contributed by atoms with Crippen LogP contribution in [-0.4, -0.2) is 33.5 Å². The van der Waals surface area contributed by atoms with Crippen LogP contribution < -0.4 is 10.6 Å². The minimum absolute atomic E-state index is 0.0442. The maximum atomic E-state index is 12.7. The van der Waals surface area contributed by atoms with Crippen molar-refractivity contribution >= 4 is 29.3 Å². The van der Waals surface area contributed by atoms with Gasteiger partial charge in [-0.3, -0.25) is 19.7 Å². The summed E-state index contributed by atoms with van der Waals surface area (Å²) in [4.78, 5) is 35.9. The minimum atomic E-state index is -0.710. The fraction of sp³-hybridized carbons (Fsp3) is 0.182. The second-order valence-electron chi connectivity index (χ2n) is 7.04.